The van der Waals surface area contributed by atoms with Crippen LogP contribution in [0.1, 0.15) is 37.0 Å². The summed E-state index contributed by atoms with van der Waals surface area (Å²) in [6.45, 7) is 3.59. The van der Waals surface area contributed by atoms with E-state index in [9.17, 15) is 9.59 Å². The van der Waals surface area contributed by atoms with E-state index >= 15 is 0 Å². The monoisotopic (exact) mass is 312 g/mol. The van der Waals surface area contributed by atoms with E-state index in [1.165, 1.54) is 0 Å². The zero-order chi connectivity index (χ0) is 15.8. The predicted octanol–water partition coefficient (Wildman–Crippen LogP) is 1.74. The molecule has 0 aliphatic carbocycles. The lowest BCUT2D eigenvalue weighted by Crippen LogP contribution is -2.47. The average Bonchev–Trinajstić information content (AvgIpc) is 2.45. The summed E-state index contributed by atoms with van der Waals surface area (Å²) in [6.07, 6.45) is 1.33. The summed E-state index contributed by atoms with van der Waals surface area (Å²) in [5, 5.41) is 14.7. The number of carbonyl (C=O) groups excluding carboxylic acids is 2. The van der Waals surface area contributed by atoms with Gasteiger partial charge in [-0.15, -0.1) is 0 Å². The molecule has 1 aromatic carbocycles. The quantitative estimate of drug-likeness (QED) is 0.717. The summed E-state index contributed by atoms with van der Waals surface area (Å²) in [5.74, 6) is -0.569. The molecule has 6 heteroatoms. The molecule has 0 aliphatic heterocycles. The number of rotatable bonds is 7. The molecule has 2 unspecified atom stereocenters. The van der Waals surface area contributed by atoms with E-state index in [4.69, 9.17) is 16.7 Å². The Bertz CT molecular complexity index is 476. The molecule has 0 radical (unpaired) electrons. The minimum atomic E-state index is -0.634. The normalized spacial score (nSPS) is 13.3. The van der Waals surface area contributed by atoms with Gasteiger partial charge in [0, 0.05) is 23.2 Å². The maximum atomic E-state index is 12.0. The molecule has 0 heterocycles. The lowest BCUT2D eigenvalue weighted by atomic mass is 10.1. The number of halogens is 1. The van der Waals surface area contributed by atoms with Crippen molar-refractivity contribution in [1.29, 1.82) is 0 Å². The molecule has 1 rings (SSSR count). The molecule has 0 aromatic heterocycles. The number of amides is 2. The third-order valence-electron chi connectivity index (χ3n) is 3.03. The van der Waals surface area contributed by atoms with Gasteiger partial charge in [-0.25, -0.2) is 0 Å². The first-order chi connectivity index (χ1) is 9.93. The van der Waals surface area contributed by atoms with Gasteiger partial charge in [-0.05, 0) is 51.0 Å². The van der Waals surface area contributed by atoms with Gasteiger partial charge in [0.15, 0.2) is 0 Å². The molecule has 0 bridgehead atoms. The Morgan fingerprint density at radius 2 is 1.81 bits per heavy atom. The lowest BCUT2D eigenvalue weighted by Gasteiger charge is -2.18. The van der Waals surface area contributed by atoms with Gasteiger partial charge in [0.25, 0.3) is 5.91 Å². The van der Waals surface area contributed by atoms with Crippen LogP contribution in [0.5, 0.6) is 0 Å². The summed E-state index contributed by atoms with van der Waals surface area (Å²) < 4.78 is 0. The van der Waals surface area contributed by atoms with Gasteiger partial charge in [-0.3, -0.25) is 9.59 Å². The Balaban J connectivity index is 2.48. The van der Waals surface area contributed by atoms with Crippen LogP contribution in [-0.4, -0.2) is 35.6 Å². The molecule has 0 spiro atoms. The number of aliphatic hydroxyl groups excluding tert-OH is 1. The number of benzene rings is 1. The van der Waals surface area contributed by atoms with Crippen molar-refractivity contribution in [2.75, 3.05) is 6.61 Å². The fourth-order valence-electron chi connectivity index (χ4n) is 1.78. The highest BCUT2D eigenvalue weighted by Gasteiger charge is 2.18. The third-order valence-corrected chi connectivity index (χ3v) is 3.28. The van der Waals surface area contributed by atoms with E-state index in [0.717, 1.165) is 0 Å². The first-order valence-corrected chi connectivity index (χ1v) is 7.29. The van der Waals surface area contributed by atoms with Crippen molar-refractivity contribution >= 4 is 23.4 Å². The largest absolute Gasteiger partial charge is 0.396 e. The minimum absolute atomic E-state index is 0.0421. The SMILES string of the molecule is CC(CCCO)NC(=O)C(C)NC(=O)c1ccc(Cl)cc1. The van der Waals surface area contributed by atoms with Crippen LogP contribution in [0.15, 0.2) is 24.3 Å². The van der Waals surface area contributed by atoms with Crippen molar-refractivity contribution in [3.63, 3.8) is 0 Å². The smallest absolute Gasteiger partial charge is 0.251 e. The van der Waals surface area contributed by atoms with Crippen LogP contribution in [0.25, 0.3) is 0 Å². The molecule has 0 fully saturated rings. The number of aliphatic hydroxyl groups is 1. The van der Waals surface area contributed by atoms with E-state index in [-0.39, 0.29) is 24.5 Å². The summed E-state index contributed by atoms with van der Waals surface area (Å²) in [6, 6.07) is 5.78. The van der Waals surface area contributed by atoms with E-state index in [2.05, 4.69) is 10.6 Å². The van der Waals surface area contributed by atoms with E-state index in [1.54, 1.807) is 31.2 Å². The molecule has 5 nitrogen and oxygen atoms in total. The molecule has 0 aliphatic rings. The zero-order valence-corrected chi connectivity index (χ0v) is 13.0. The minimum Gasteiger partial charge on any atom is -0.396 e. The Hall–Kier alpha value is -1.59. The highest BCUT2D eigenvalue weighted by atomic mass is 35.5. The Labute approximate surface area is 129 Å². The Morgan fingerprint density at radius 3 is 2.38 bits per heavy atom. The first-order valence-electron chi connectivity index (χ1n) is 6.91. The first kappa shape index (κ1) is 17.5. The fourth-order valence-corrected chi connectivity index (χ4v) is 1.91. The highest BCUT2D eigenvalue weighted by Crippen LogP contribution is 2.09. The summed E-state index contributed by atoms with van der Waals surface area (Å²) in [5.41, 5.74) is 0.451. The summed E-state index contributed by atoms with van der Waals surface area (Å²) in [7, 11) is 0. The number of hydrogen-bond acceptors (Lipinski definition) is 3. The van der Waals surface area contributed by atoms with Gasteiger partial charge in [0.2, 0.25) is 5.91 Å². The molecule has 0 saturated carbocycles. The van der Waals surface area contributed by atoms with Gasteiger partial charge in [-0.2, -0.15) is 0 Å². The van der Waals surface area contributed by atoms with Crippen LogP contribution in [0, 0.1) is 0 Å². The van der Waals surface area contributed by atoms with Crippen molar-refractivity contribution in [1.82, 2.24) is 10.6 Å². The van der Waals surface area contributed by atoms with Crippen LogP contribution in [0.2, 0.25) is 5.02 Å². The standard InChI is InChI=1S/C15H21ClN2O3/c1-10(4-3-9-19)17-14(20)11(2)18-15(21)12-5-7-13(16)8-6-12/h5-8,10-11,19H,3-4,9H2,1-2H3,(H,17,20)(H,18,21). The summed E-state index contributed by atoms with van der Waals surface area (Å²) >= 11 is 5.76. The third kappa shape index (κ3) is 6.14. The number of nitrogens with one attached hydrogen (secondary N) is 2. The number of hydrogen-bond donors (Lipinski definition) is 3. The molecule has 116 valence electrons. The molecule has 1 aromatic rings. The lowest BCUT2D eigenvalue weighted by molar-refractivity contribution is -0.123. The van der Waals surface area contributed by atoms with Gasteiger partial charge in [0.1, 0.15) is 6.04 Å². The molecule has 0 saturated heterocycles. The van der Waals surface area contributed by atoms with Gasteiger partial charge in [0.05, 0.1) is 0 Å². The van der Waals surface area contributed by atoms with E-state index < -0.39 is 6.04 Å². The van der Waals surface area contributed by atoms with Gasteiger partial charge in [-0.1, -0.05) is 11.6 Å². The highest BCUT2D eigenvalue weighted by molar-refractivity contribution is 6.30. The maximum Gasteiger partial charge on any atom is 0.251 e. The molecule has 2 atom stereocenters. The van der Waals surface area contributed by atoms with E-state index in [1.807, 2.05) is 6.92 Å². The molecular formula is C15H21ClN2O3. The zero-order valence-electron chi connectivity index (χ0n) is 12.2. The second-order valence-electron chi connectivity index (χ2n) is 4.98. The fraction of sp³-hybridized carbons (Fsp3) is 0.467. The van der Waals surface area contributed by atoms with Gasteiger partial charge < -0.3 is 15.7 Å². The van der Waals surface area contributed by atoms with Crippen molar-refractivity contribution in [2.24, 2.45) is 0 Å². The number of carbonyl (C=O) groups is 2. The maximum absolute atomic E-state index is 12.0. The molecule has 2 amide bonds. The van der Waals surface area contributed by atoms with Crippen molar-refractivity contribution in [3.8, 4) is 0 Å². The summed E-state index contributed by atoms with van der Waals surface area (Å²) in [4.78, 5) is 23.9. The van der Waals surface area contributed by atoms with Crippen LogP contribution in [0.3, 0.4) is 0 Å². The Kier molecular flexibility index (Phi) is 7.19. The van der Waals surface area contributed by atoms with Crippen LogP contribution >= 0.6 is 11.6 Å². The van der Waals surface area contributed by atoms with Crippen molar-refractivity contribution < 1.29 is 14.7 Å². The van der Waals surface area contributed by atoms with Crippen LogP contribution in [0.4, 0.5) is 0 Å². The van der Waals surface area contributed by atoms with Gasteiger partial charge >= 0.3 is 0 Å². The van der Waals surface area contributed by atoms with Crippen molar-refractivity contribution in [3.05, 3.63) is 34.9 Å². The van der Waals surface area contributed by atoms with E-state index in [0.29, 0.717) is 23.4 Å². The predicted molar refractivity (Wildman–Crippen MR) is 82.3 cm³/mol. The molecule has 21 heavy (non-hydrogen) atoms. The van der Waals surface area contributed by atoms with Crippen molar-refractivity contribution in [2.45, 2.75) is 38.8 Å². The Morgan fingerprint density at radius 1 is 1.19 bits per heavy atom. The average molecular weight is 313 g/mol. The second-order valence-corrected chi connectivity index (χ2v) is 5.41. The molecular weight excluding hydrogens is 292 g/mol. The van der Waals surface area contributed by atoms with Crippen LogP contribution < -0.4 is 10.6 Å². The topological polar surface area (TPSA) is 78.4 Å². The van der Waals surface area contributed by atoms with Crippen LogP contribution in [-0.2, 0) is 4.79 Å². The second kappa shape index (κ2) is 8.64. The molecule has 3 N–H and O–H groups in total.